The van der Waals surface area contributed by atoms with Crippen LogP contribution in [0.25, 0.3) is 0 Å². The third-order valence-corrected chi connectivity index (χ3v) is 4.47. The van der Waals surface area contributed by atoms with Crippen LogP contribution >= 0.6 is 0 Å². The highest BCUT2D eigenvalue weighted by atomic mass is 32.2. The van der Waals surface area contributed by atoms with Crippen LogP contribution in [-0.2, 0) is 16.6 Å². The number of ether oxygens (including phenoxy) is 2. The maximum atomic E-state index is 13.6. The second kappa shape index (κ2) is 7.54. The van der Waals surface area contributed by atoms with Gasteiger partial charge in [0, 0.05) is 6.54 Å². The largest absolute Gasteiger partial charge is 0.493 e. The van der Waals surface area contributed by atoms with Crippen LogP contribution in [0.4, 0.5) is 13.2 Å². The highest BCUT2D eigenvalue weighted by Gasteiger charge is 2.18. The number of halogens is 3. The normalized spacial score (nSPS) is 11.5. The third kappa shape index (κ3) is 4.39. The van der Waals surface area contributed by atoms with Crippen LogP contribution in [0.1, 0.15) is 5.56 Å². The lowest BCUT2D eigenvalue weighted by Gasteiger charge is -2.12. The molecule has 0 fully saturated rings. The second-order valence-electron chi connectivity index (χ2n) is 4.62. The van der Waals surface area contributed by atoms with Gasteiger partial charge in [-0.05, 0) is 29.8 Å². The summed E-state index contributed by atoms with van der Waals surface area (Å²) in [4.78, 5) is -0.477. The van der Waals surface area contributed by atoms with Crippen molar-refractivity contribution in [2.75, 3.05) is 7.11 Å². The van der Waals surface area contributed by atoms with Crippen LogP contribution in [0.3, 0.4) is 0 Å². The minimum Gasteiger partial charge on any atom is -0.493 e. The van der Waals surface area contributed by atoms with E-state index in [1.807, 2.05) is 0 Å². The molecule has 0 unspecified atom stereocenters. The van der Waals surface area contributed by atoms with Crippen LogP contribution in [-0.4, -0.2) is 22.1 Å². The molecule has 0 atom stereocenters. The Bertz CT molecular complexity index is 812. The van der Waals surface area contributed by atoms with Gasteiger partial charge in [-0.25, -0.2) is 17.5 Å². The molecule has 2 rings (SSSR count). The summed E-state index contributed by atoms with van der Waals surface area (Å²) in [5, 5.41) is 0. The molecule has 5 nitrogen and oxygen atoms in total. The Morgan fingerprint density at radius 1 is 1.12 bits per heavy atom. The van der Waals surface area contributed by atoms with E-state index in [4.69, 9.17) is 4.74 Å². The van der Waals surface area contributed by atoms with E-state index in [1.165, 1.54) is 37.4 Å². The first-order chi connectivity index (χ1) is 11.3. The molecule has 0 bridgehead atoms. The standard InChI is InChI=1S/C15H14F3NO4S/c1-22-13-8-10(6-7-12(13)23-15(17)18)9-19-24(20,21)14-5-3-2-4-11(14)16/h2-8,15,19H,9H2,1H3. The number of benzene rings is 2. The fraction of sp³-hybridized carbons (Fsp3) is 0.200. The van der Waals surface area contributed by atoms with Gasteiger partial charge in [0.2, 0.25) is 10.0 Å². The van der Waals surface area contributed by atoms with Gasteiger partial charge in [0.1, 0.15) is 10.7 Å². The van der Waals surface area contributed by atoms with Crippen molar-refractivity contribution in [3.63, 3.8) is 0 Å². The molecule has 0 radical (unpaired) electrons. The number of sulfonamides is 1. The van der Waals surface area contributed by atoms with Crippen LogP contribution in [0.5, 0.6) is 11.5 Å². The first-order valence-electron chi connectivity index (χ1n) is 6.69. The van der Waals surface area contributed by atoms with Crippen molar-refractivity contribution in [2.45, 2.75) is 18.1 Å². The van der Waals surface area contributed by atoms with E-state index in [0.29, 0.717) is 5.56 Å². The van der Waals surface area contributed by atoms with Crippen LogP contribution in [0, 0.1) is 5.82 Å². The number of rotatable bonds is 7. The summed E-state index contributed by atoms with van der Waals surface area (Å²) in [6.45, 7) is -3.19. The highest BCUT2D eigenvalue weighted by molar-refractivity contribution is 7.89. The van der Waals surface area contributed by atoms with Crippen LogP contribution < -0.4 is 14.2 Å². The quantitative estimate of drug-likeness (QED) is 0.824. The van der Waals surface area contributed by atoms with E-state index in [1.54, 1.807) is 0 Å². The molecular weight excluding hydrogens is 347 g/mol. The van der Waals surface area contributed by atoms with E-state index < -0.39 is 27.3 Å². The Kier molecular flexibility index (Phi) is 5.68. The van der Waals surface area contributed by atoms with Crippen molar-refractivity contribution in [1.82, 2.24) is 4.72 Å². The molecule has 0 aliphatic rings. The predicted octanol–water partition coefficient (Wildman–Crippen LogP) is 2.91. The van der Waals surface area contributed by atoms with E-state index in [9.17, 15) is 21.6 Å². The summed E-state index contributed by atoms with van der Waals surface area (Å²) in [7, 11) is -2.79. The lowest BCUT2D eigenvalue weighted by Crippen LogP contribution is -2.24. The minimum atomic E-state index is -4.05. The van der Waals surface area contributed by atoms with E-state index >= 15 is 0 Å². The Morgan fingerprint density at radius 2 is 1.83 bits per heavy atom. The monoisotopic (exact) mass is 361 g/mol. The van der Waals surface area contributed by atoms with Gasteiger partial charge in [0.25, 0.3) is 0 Å². The summed E-state index contributed by atoms with van der Waals surface area (Å²) in [5.74, 6) is -1.02. The first-order valence-corrected chi connectivity index (χ1v) is 8.17. The molecule has 0 spiro atoms. The average Bonchev–Trinajstić information content (AvgIpc) is 2.53. The van der Waals surface area contributed by atoms with Crippen molar-refractivity contribution in [2.24, 2.45) is 0 Å². The Morgan fingerprint density at radius 3 is 2.46 bits per heavy atom. The number of methoxy groups -OCH3 is 1. The van der Waals surface area contributed by atoms with E-state index in [-0.39, 0.29) is 18.0 Å². The molecule has 0 aromatic heterocycles. The fourth-order valence-corrected chi connectivity index (χ4v) is 3.03. The molecule has 0 aliphatic heterocycles. The van der Waals surface area contributed by atoms with Crippen molar-refractivity contribution in [3.8, 4) is 11.5 Å². The molecule has 0 saturated heterocycles. The SMILES string of the molecule is COc1cc(CNS(=O)(=O)c2ccccc2F)ccc1OC(F)F. The van der Waals surface area contributed by atoms with Crippen LogP contribution in [0.15, 0.2) is 47.4 Å². The zero-order valence-electron chi connectivity index (χ0n) is 12.5. The lowest BCUT2D eigenvalue weighted by molar-refractivity contribution is -0.0512. The van der Waals surface area contributed by atoms with Gasteiger partial charge in [0.15, 0.2) is 11.5 Å². The molecule has 0 heterocycles. The highest BCUT2D eigenvalue weighted by Crippen LogP contribution is 2.29. The van der Waals surface area contributed by atoms with Gasteiger partial charge in [-0.1, -0.05) is 18.2 Å². The van der Waals surface area contributed by atoms with Gasteiger partial charge in [-0.15, -0.1) is 0 Å². The zero-order valence-corrected chi connectivity index (χ0v) is 13.3. The maximum Gasteiger partial charge on any atom is 0.387 e. The summed E-state index contributed by atoms with van der Waals surface area (Å²) < 4.78 is 73.7. The number of nitrogens with one attached hydrogen (secondary N) is 1. The fourth-order valence-electron chi connectivity index (χ4n) is 1.93. The van der Waals surface area contributed by atoms with Gasteiger partial charge < -0.3 is 9.47 Å². The van der Waals surface area contributed by atoms with Crippen molar-refractivity contribution < 1.29 is 31.1 Å². The van der Waals surface area contributed by atoms with Gasteiger partial charge in [-0.3, -0.25) is 0 Å². The average molecular weight is 361 g/mol. The van der Waals surface area contributed by atoms with Gasteiger partial charge >= 0.3 is 6.61 Å². The van der Waals surface area contributed by atoms with Crippen molar-refractivity contribution in [3.05, 3.63) is 53.8 Å². The van der Waals surface area contributed by atoms with E-state index in [0.717, 1.165) is 12.1 Å². The molecular formula is C15H14F3NO4S. The Hall–Kier alpha value is -2.26. The number of hydrogen-bond donors (Lipinski definition) is 1. The third-order valence-electron chi connectivity index (χ3n) is 3.04. The number of alkyl halides is 2. The van der Waals surface area contributed by atoms with Crippen molar-refractivity contribution >= 4 is 10.0 Å². The van der Waals surface area contributed by atoms with Gasteiger partial charge in [-0.2, -0.15) is 8.78 Å². The maximum absolute atomic E-state index is 13.6. The Balaban J connectivity index is 2.16. The molecule has 1 N–H and O–H groups in total. The predicted molar refractivity (Wildman–Crippen MR) is 80.1 cm³/mol. The number of hydrogen-bond acceptors (Lipinski definition) is 4. The molecule has 2 aromatic carbocycles. The smallest absolute Gasteiger partial charge is 0.387 e. The summed E-state index contributed by atoms with van der Waals surface area (Å²) in [6.07, 6.45) is 0. The molecule has 0 amide bonds. The van der Waals surface area contributed by atoms with E-state index in [2.05, 4.69) is 9.46 Å². The molecule has 2 aromatic rings. The summed E-state index contributed by atoms with van der Waals surface area (Å²) in [5.41, 5.74) is 0.424. The first kappa shape index (κ1) is 18.1. The molecule has 24 heavy (non-hydrogen) atoms. The lowest BCUT2D eigenvalue weighted by atomic mass is 10.2. The minimum absolute atomic E-state index is 0.0258. The molecule has 9 heteroatoms. The molecule has 0 aliphatic carbocycles. The summed E-state index contributed by atoms with van der Waals surface area (Å²) in [6, 6.07) is 8.92. The molecule has 130 valence electrons. The zero-order chi connectivity index (χ0) is 17.7. The van der Waals surface area contributed by atoms with Gasteiger partial charge in [0.05, 0.1) is 7.11 Å². The Labute approximate surface area is 137 Å². The summed E-state index contributed by atoms with van der Waals surface area (Å²) >= 11 is 0. The van der Waals surface area contributed by atoms with Crippen LogP contribution in [0.2, 0.25) is 0 Å². The second-order valence-corrected chi connectivity index (χ2v) is 6.35. The molecule has 0 saturated carbocycles. The topological polar surface area (TPSA) is 64.6 Å². The van der Waals surface area contributed by atoms with Crippen molar-refractivity contribution in [1.29, 1.82) is 0 Å².